The van der Waals surface area contributed by atoms with Gasteiger partial charge in [-0.2, -0.15) is 13.2 Å². The molecule has 2 aromatic heterocycles. The largest absolute Gasteiger partial charge is 0.417 e. The van der Waals surface area contributed by atoms with Crippen LogP contribution in [0.2, 0.25) is 0 Å². The Balaban J connectivity index is 1.71. The van der Waals surface area contributed by atoms with Gasteiger partial charge in [0.2, 0.25) is 0 Å². The van der Waals surface area contributed by atoms with Gasteiger partial charge in [0.1, 0.15) is 11.6 Å². The molecule has 0 spiro atoms. The second-order valence-corrected chi connectivity index (χ2v) is 6.31. The maximum Gasteiger partial charge on any atom is 0.417 e. The Bertz CT molecular complexity index is 794. The van der Waals surface area contributed by atoms with Crippen LogP contribution in [-0.4, -0.2) is 42.1 Å². The topological polar surface area (TPSA) is 70.2 Å². The number of carbonyl (C=O) groups is 1. The van der Waals surface area contributed by atoms with Crippen molar-refractivity contribution in [2.45, 2.75) is 25.1 Å². The van der Waals surface area contributed by atoms with Crippen molar-refractivity contribution >= 4 is 17.5 Å². The molecule has 6 nitrogen and oxygen atoms in total. The van der Waals surface area contributed by atoms with Crippen LogP contribution in [-0.2, 0) is 6.18 Å². The summed E-state index contributed by atoms with van der Waals surface area (Å²) in [5, 5.41) is 5.86. The average Bonchev–Trinajstić information content (AvgIpc) is 2.67. The first-order valence-corrected chi connectivity index (χ1v) is 8.60. The highest BCUT2D eigenvalue weighted by Crippen LogP contribution is 2.30. The minimum absolute atomic E-state index is 0.00106. The zero-order valence-corrected chi connectivity index (χ0v) is 14.8. The van der Waals surface area contributed by atoms with Gasteiger partial charge in [-0.25, -0.2) is 9.97 Å². The van der Waals surface area contributed by atoms with Gasteiger partial charge in [-0.05, 0) is 37.1 Å². The minimum Gasteiger partial charge on any atom is -0.365 e. The Morgan fingerprint density at radius 1 is 1.26 bits per heavy atom. The summed E-state index contributed by atoms with van der Waals surface area (Å²) in [6.45, 7) is 1.27. The van der Waals surface area contributed by atoms with Gasteiger partial charge in [0, 0.05) is 38.6 Å². The molecule has 1 saturated heterocycles. The normalized spacial score (nSPS) is 17.5. The van der Waals surface area contributed by atoms with Gasteiger partial charge < -0.3 is 15.5 Å². The zero-order valence-electron chi connectivity index (χ0n) is 14.8. The molecule has 0 radical (unpaired) electrons. The Kier molecular flexibility index (Phi) is 5.48. The smallest absolute Gasteiger partial charge is 0.365 e. The minimum atomic E-state index is -4.40. The van der Waals surface area contributed by atoms with Crippen molar-refractivity contribution in [1.29, 1.82) is 0 Å². The number of alkyl halides is 3. The molecule has 2 aromatic rings. The number of aromatic nitrogens is 2. The molecule has 27 heavy (non-hydrogen) atoms. The van der Waals surface area contributed by atoms with E-state index in [1.54, 1.807) is 25.4 Å². The summed E-state index contributed by atoms with van der Waals surface area (Å²) in [5.74, 6) is 0.758. The number of piperidine rings is 1. The Morgan fingerprint density at radius 2 is 2.07 bits per heavy atom. The maximum atomic E-state index is 12.7. The van der Waals surface area contributed by atoms with Crippen LogP contribution in [0.1, 0.15) is 28.8 Å². The predicted molar refractivity (Wildman–Crippen MR) is 95.7 cm³/mol. The first-order chi connectivity index (χ1) is 12.9. The van der Waals surface area contributed by atoms with Gasteiger partial charge in [0.15, 0.2) is 0 Å². The lowest BCUT2D eigenvalue weighted by Crippen LogP contribution is -2.43. The van der Waals surface area contributed by atoms with Crippen molar-refractivity contribution in [2.75, 3.05) is 30.4 Å². The van der Waals surface area contributed by atoms with Gasteiger partial charge in [0.05, 0.1) is 11.1 Å². The highest BCUT2D eigenvalue weighted by molar-refractivity contribution is 5.98. The van der Waals surface area contributed by atoms with Crippen molar-refractivity contribution in [2.24, 2.45) is 0 Å². The summed E-state index contributed by atoms with van der Waals surface area (Å²) in [6, 6.07) is 5.81. The summed E-state index contributed by atoms with van der Waals surface area (Å²) < 4.78 is 38.1. The molecule has 1 fully saturated rings. The van der Waals surface area contributed by atoms with Crippen LogP contribution in [0.25, 0.3) is 0 Å². The third-order valence-electron chi connectivity index (χ3n) is 4.44. The van der Waals surface area contributed by atoms with E-state index in [2.05, 4.69) is 20.6 Å². The zero-order chi connectivity index (χ0) is 19.4. The number of hydrogen-bond acceptors (Lipinski definition) is 5. The summed E-state index contributed by atoms with van der Waals surface area (Å²) >= 11 is 0. The monoisotopic (exact) mass is 379 g/mol. The molecule has 2 N–H and O–H groups in total. The van der Waals surface area contributed by atoms with Gasteiger partial charge in [0.25, 0.3) is 5.91 Å². The number of hydrogen-bond donors (Lipinski definition) is 2. The first-order valence-electron chi connectivity index (χ1n) is 8.60. The van der Waals surface area contributed by atoms with Crippen molar-refractivity contribution < 1.29 is 18.0 Å². The van der Waals surface area contributed by atoms with E-state index >= 15 is 0 Å². The molecular weight excluding hydrogens is 359 g/mol. The Hall–Kier alpha value is -2.84. The summed E-state index contributed by atoms with van der Waals surface area (Å²) in [5.41, 5.74) is -0.314. The van der Waals surface area contributed by atoms with Crippen molar-refractivity contribution in [1.82, 2.24) is 15.3 Å². The lowest BCUT2D eigenvalue weighted by Gasteiger charge is -2.34. The summed E-state index contributed by atoms with van der Waals surface area (Å²) in [7, 11) is 1.55. The van der Waals surface area contributed by atoms with E-state index < -0.39 is 11.7 Å². The molecule has 0 bridgehead atoms. The van der Waals surface area contributed by atoms with E-state index in [1.165, 1.54) is 6.07 Å². The van der Waals surface area contributed by atoms with Crippen LogP contribution in [0.4, 0.5) is 24.8 Å². The fourth-order valence-electron chi connectivity index (χ4n) is 3.08. The maximum absolute atomic E-state index is 12.7. The number of carbonyl (C=O) groups excluding carboxylic acids is 1. The molecule has 0 saturated carbocycles. The first kappa shape index (κ1) is 18.9. The van der Waals surface area contributed by atoms with Crippen molar-refractivity contribution in [3.8, 4) is 0 Å². The molecule has 1 atom stereocenters. The third kappa shape index (κ3) is 4.47. The van der Waals surface area contributed by atoms with E-state index in [9.17, 15) is 18.0 Å². The number of halogens is 3. The fraction of sp³-hybridized carbons (Fsp3) is 0.389. The van der Waals surface area contributed by atoms with Crippen LogP contribution in [0, 0.1) is 0 Å². The summed E-state index contributed by atoms with van der Waals surface area (Å²) in [4.78, 5) is 22.1. The lowest BCUT2D eigenvalue weighted by molar-refractivity contribution is -0.137. The fourth-order valence-corrected chi connectivity index (χ4v) is 3.08. The average molecular weight is 379 g/mol. The lowest BCUT2D eigenvalue weighted by atomic mass is 10.0. The number of nitrogens with one attached hydrogen (secondary N) is 2. The highest BCUT2D eigenvalue weighted by atomic mass is 19.4. The Morgan fingerprint density at radius 3 is 2.74 bits per heavy atom. The molecule has 0 unspecified atom stereocenters. The van der Waals surface area contributed by atoms with Crippen molar-refractivity contribution in [3.63, 3.8) is 0 Å². The Labute approximate surface area is 154 Å². The van der Waals surface area contributed by atoms with Crippen LogP contribution in [0.15, 0.2) is 36.7 Å². The van der Waals surface area contributed by atoms with E-state index in [1.807, 2.05) is 4.90 Å². The van der Waals surface area contributed by atoms with Gasteiger partial charge >= 0.3 is 6.18 Å². The SMILES string of the molecule is CNC(=O)c1cccnc1N[C@@H]1CCCN(c2ccc(C(F)(F)F)cn2)C1. The van der Waals surface area contributed by atoms with Crippen molar-refractivity contribution in [3.05, 3.63) is 47.8 Å². The molecule has 144 valence electrons. The molecule has 0 aliphatic carbocycles. The van der Waals surface area contributed by atoms with Crippen LogP contribution >= 0.6 is 0 Å². The molecular formula is C18H20F3N5O. The molecule has 3 heterocycles. The van der Waals surface area contributed by atoms with Crippen LogP contribution in [0.5, 0.6) is 0 Å². The molecule has 3 rings (SSSR count). The molecule has 1 amide bonds. The standard InChI is InChI=1S/C18H20F3N5O/c1-22-17(27)14-5-2-8-23-16(14)25-13-4-3-9-26(11-13)15-7-6-12(10-24-15)18(19,20)21/h2,5-8,10,13H,3-4,9,11H2,1H3,(H,22,27)(H,23,25)/t13-/m1/s1. The van der Waals surface area contributed by atoms with Gasteiger partial charge in [-0.15, -0.1) is 0 Å². The third-order valence-corrected chi connectivity index (χ3v) is 4.44. The molecule has 0 aromatic carbocycles. The number of nitrogens with zero attached hydrogens (tertiary/aromatic N) is 3. The quantitative estimate of drug-likeness (QED) is 0.855. The predicted octanol–water partition coefficient (Wildman–Crippen LogP) is 2.94. The number of anilines is 2. The number of rotatable bonds is 4. The number of pyridine rings is 2. The highest BCUT2D eigenvalue weighted by Gasteiger charge is 2.31. The van der Waals surface area contributed by atoms with Gasteiger partial charge in [-0.3, -0.25) is 4.79 Å². The van der Waals surface area contributed by atoms with Crippen LogP contribution < -0.4 is 15.5 Å². The molecule has 1 aliphatic heterocycles. The number of amides is 1. The second kappa shape index (κ2) is 7.81. The van der Waals surface area contributed by atoms with Crippen LogP contribution in [0.3, 0.4) is 0 Å². The van der Waals surface area contributed by atoms with Gasteiger partial charge in [-0.1, -0.05) is 0 Å². The molecule has 1 aliphatic rings. The van der Waals surface area contributed by atoms with E-state index in [-0.39, 0.29) is 11.9 Å². The summed E-state index contributed by atoms with van der Waals surface area (Å²) in [6.07, 6.45) is -0.224. The second-order valence-electron chi connectivity index (χ2n) is 6.31. The van der Waals surface area contributed by atoms with E-state index in [0.717, 1.165) is 25.1 Å². The van der Waals surface area contributed by atoms with E-state index in [4.69, 9.17) is 0 Å². The molecule has 9 heteroatoms. The van der Waals surface area contributed by atoms with E-state index in [0.29, 0.717) is 30.3 Å².